The molecular formula is C11H15N3. The molecule has 2 heterocycles. The van der Waals surface area contributed by atoms with Crippen LogP contribution in [0.3, 0.4) is 0 Å². The van der Waals surface area contributed by atoms with Crippen molar-refractivity contribution >= 4 is 11.0 Å². The van der Waals surface area contributed by atoms with Crippen molar-refractivity contribution in [3.63, 3.8) is 0 Å². The second kappa shape index (κ2) is 3.42. The van der Waals surface area contributed by atoms with Crippen LogP contribution < -0.4 is 5.73 Å². The van der Waals surface area contributed by atoms with Gasteiger partial charge in [-0.15, -0.1) is 0 Å². The van der Waals surface area contributed by atoms with Crippen molar-refractivity contribution in [2.75, 3.05) is 0 Å². The molecule has 2 aromatic rings. The fourth-order valence-corrected chi connectivity index (χ4v) is 1.91. The Kier molecular flexibility index (Phi) is 2.25. The molecule has 0 spiro atoms. The van der Waals surface area contributed by atoms with Crippen LogP contribution in [0.1, 0.15) is 30.9 Å². The molecule has 2 rings (SSSR count). The molecule has 0 unspecified atom stereocenters. The van der Waals surface area contributed by atoms with Crippen LogP contribution in [0.4, 0.5) is 0 Å². The van der Waals surface area contributed by atoms with E-state index in [1.54, 1.807) is 0 Å². The second-order valence-corrected chi connectivity index (χ2v) is 3.80. The fourth-order valence-electron chi connectivity index (χ4n) is 1.91. The Morgan fingerprint density at radius 2 is 2.29 bits per heavy atom. The zero-order chi connectivity index (χ0) is 10.1. The summed E-state index contributed by atoms with van der Waals surface area (Å²) in [6.07, 6.45) is 3.79. The van der Waals surface area contributed by atoms with E-state index in [1.165, 1.54) is 10.9 Å². The molecule has 0 atom stereocenters. The summed E-state index contributed by atoms with van der Waals surface area (Å²) in [6, 6.07) is 2.07. The lowest BCUT2D eigenvalue weighted by molar-refractivity contribution is 0.845. The Balaban J connectivity index is 2.75. The fraction of sp³-hybridized carbons (Fsp3) is 0.364. The van der Waals surface area contributed by atoms with Crippen LogP contribution in [-0.4, -0.2) is 9.97 Å². The van der Waals surface area contributed by atoms with Crippen molar-refractivity contribution in [3.05, 3.63) is 29.6 Å². The lowest BCUT2D eigenvalue weighted by Crippen LogP contribution is -2.04. The quantitative estimate of drug-likeness (QED) is 0.760. The minimum absolute atomic E-state index is 0.481. The molecule has 0 aromatic carbocycles. The largest absolute Gasteiger partial charge is 0.346 e. The van der Waals surface area contributed by atoms with Crippen molar-refractivity contribution in [3.8, 4) is 0 Å². The number of nitrogens with one attached hydrogen (secondary N) is 1. The highest BCUT2D eigenvalue weighted by Crippen LogP contribution is 2.26. The molecule has 0 aliphatic carbocycles. The Labute approximate surface area is 83.3 Å². The maximum atomic E-state index is 5.70. The Bertz CT molecular complexity index is 443. The summed E-state index contributed by atoms with van der Waals surface area (Å²) in [5.41, 5.74) is 9.11. The number of nitrogens with two attached hydrogens (primary N) is 1. The average Bonchev–Trinajstić information content (AvgIpc) is 2.62. The molecule has 3 nitrogen and oxygen atoms in total. The standard InChI is InChI=1S/C11H15N3/c1-7(2)10-8(5-12)6-14-11-9(10)3-4-13-11/h3-4,6-7H,5,12H2,1-2H3,(H,13,14). The van der Waals surface area contributed by atoms with Crippen molar-refractivity contribution in [2.45, 2.75) is 26.3 Å². The molecule has 0 saturated heterocycles. The van der Waals surface area contributed by atoms with Gasteiger partial charge in [-0.3, -0.25) is 0 Å². The molecule has 0 radical (unpaired) electrons. The summed E-state index contributed by atoms with van der Waals surface area (Å²) >= 11 is 0. The highest BCUT2D eigenvalue weighted by atomic mass is 14.8. The summed E-state index contributed by atoms with van der Waals surface area (Å²) in [7, 11) is 0. The molecule has 0 aliphatic heterocycles. The van der Waals surface area contributed by atoms with Gasteiger partial charge in [-0.25, -0.2) is 4.98 Å². The number of hydrogen-bond donors (Lipinski definition) is 2. The van der Waals surface area contributed by atoms with Crippen LogP contribution in [0.25, 0.3) is 11.0 Å². The number of pyridine rings is 1. The highest BCUT2D eigenvalue weighted by Gasteiger charge is 2.11. The zero-order valence-electron chi connectivity index (χ0n) is 8.54. The molecule has 14 heavy (non-hydrogen) atoms. The van der Waals surface area contributed by atoms with Crippen LogP contribution in [-0.2, 0) is 6.54 Å². The lowest BCUT2D eigenvalue weighted by Gasteiger charge is -2.11. The van der Waals surface area contributed by atoms with Gasteiger partial charge >= 0.3 is 0 Å². The predicted molar refractivity (Wildman–Crippen MR) is 58.1 cm³/mol. The van der Waals surface area contributed by atoms with Crippen molar-refractivity contribution < 1.29 is 0 Å². The van der Waals surface area contributed by atoms with Gasteiger partial charge in [-0.2, -0.15) is 0 Å². The highest BCUT2D eigenvalue weighted by molar-refractivity contribution is 5.81. The number of aromatic amines is 1. The molecule has 0 bridgehead atoms. The smallest absolute Gasteiger partial charge is 0.137 e. The number of fused-ring (bicyclic) bond motifs is 1. The van der Waals surface area contributed by atoms with Gasteiger partial charge in [0.2, 0.25) is 0 Å². The van der Waals surface area contributed by atoms with Gasteiger partial charge in [0.1, 0.15) is 5.65 Å². The number of nitrogens with zero attached hydrogens (tertiary/aromatic N) is 1. The van der Waals surface area contributed by atoms with Crippen LogP contribution in [0.2, 0.25) is 0 Å². The predicted octanol–water partition coefficient (Wildman–Crippen LogP) is 2.15. The topological polar surface area (TPSA) is 54.7 Å². The van der Waals surface area contributed by atoms with Crippen molar-refractivity contribution in [1.29, 1.82) is 0 Å². The maximum Gasteiger partial charge on any atom is 0.137 e. The molecular weight excluding hydrogens is 174 g/mol. The SMILES string of the molecule is CC(C)c1c(CN)cnc2[nH]ccc12. The van der Waals surface area contributed by atoms with Gasteiger partial charge in [-0.1, -0.05) is 13.8 Å². The van der Waals surface area contributed by atoms with Gasteiger partial charge in [0, 0.05) is 24.3 Å². The molecule has 2 aromatic heterocycles. The molecule has 3 N–H and O–H groups in total. The Morgan fingerprint density at radius 1 is 1.50 bits per heavy atom. The Morgan fingerprint density at radius 3 is 2.93 bits per heavy atom. The van der Waals surface area contributed by atoms with E-state index < -0.39 is 0 Å². The lowest BCUT2D eigenvalue weighted by atomic mass is 9.96. The minimum atomic E-state index is 0.481. The van der Waals surface area contributed by atoms with E-state index in [9.17, 15) is 0 Å². The third-order valence-corrected chi connectivity index (χ3v) is 2.51. The minimum Gasteiger partial charge on any atom is -0.346 e. The van der Waals surface area contributed by atoms with E-state index in [0.29, 0.717) is 12.5 Å². The second-order valence-electron chi connectivity index (χ2n) is 3.80. The van der Waals surface area contributed by atoms with Crippen LogP contribution in [0.15, 0.2) is 18.5 Å². The van der Waals surface area contributed by atoms with E-state index in [-0.39, 0.29) is 0 Å². The molecule has 3 heteroatoms. The number of rotatable bonds is 2. The molecule has 0 fully saturated rings. The summed E-state index contributed by atoms with van der Waals surface area (Å²) < 4.78 is 0. The first-order valence-corrected chi connectivity index (χ1v) is 4.89. The summed E-state index contributed by atoms with van der Waals surface area (Å²) in [6.45, 7) is 4.92. The first-order valence-electron chi connectivity index (χ1n) is 4.89. The number of aromatic nitrogens is 2. The van der Waals surface area contributed by atoms with Crippen molar-refractivity contribution in [2.24, 2.45) is 5.73 Å². The van der Waals surface area contributed by atoms with E-state index in [2.05, 4.69) is 29.9 Å². The molecule has 0 saturated carbocycles. The van der Waals surface area contributed by atoms with E-state index in [4.69, 9.17) is 5.73 Å². The Hall–Kier alpha value is -1.35. The monoisotopic (exact) mass is 189 g/mol. The van der Waals surface area contributed by atoms with E-state index in [1.807, 2.05) is 12.4 Å². The van der Waals surface area contributed by atoms with Crippen LogP contribution in [0.5, 0.6) is 0 Å². The normalized spacial score (nSPS) is 11.4. The van der Waals surface area contributed by atoms with Gasteiger partial charge in [-0.05, 0) is 23.1 Å². The van der Waals surface area contributed by atoms with Crippen molar-refractivity contribution in [1.82, 2.24) is 9.97 Å². The molecule has 74 valence electrons. The van der Waals surface area contributed by atoms with Gasteiger partial charge in [0.05, 0.1) is 0 Å². The summed E-state index contributed by atoms with van der Waals surface area (Å²) in [5, 5.41) is 1.20. The number of hydrogen-bond acceptors (Lipinski definition) is 2. The third-order valence-electron chi connectivity index (χ3n) is 2.51. The third kappa shape index (κ3) is 1.30. The molecule has 0 aliphatic rings. The van der Waals surface area contributed by atoms with Gasteiger partial charge < -0.3 is 10.7 Å². The van der Waals surface area contributed by atoms with Crippen LogP contribution in [0, 0.1) is 0 Å². The van der Waals surface area contributed by atoms with Crippen LogP contribution >= 0.6 is 0 Å². The van der Waals surface area contributed by atoms with Gasteiger partial charge in [0.25, 0.3) is 0 Å². The average molecular weight is 189 g/mol. The number of H-pyrrole nitrogens is 1. The van der Waals surface area contributed by atoms with Gasteiger partial charge in [0.15, 0.2) is 0 Å². The summed E-state index contributed by atoms with van der Waals surface area (Å²) in [4.78, 5) is 7.43. The summed E-state index contributed by atoms with van der Waals surface area (Å²) in [5.74, 6) is 0.481. The maximum absolute atomic E-state index is 5.70. The van der Waals surface area contributed by atoms with E-state index in [0.717, 1.165) is 11.2 Å². The first-order chi connectivity index (χ1) is 6.74. The first kappa shape index (κ1) is 9.21. The molecule has 0 amide bonds. The zero-order valence-corrected chi connectivity index (χ0v) is 8.54. The van der Waals surface area contributed by atoms with E-state index >= 15 is 0 Å².